The van der Waals surface area contributed by atoms with E-state index in [0.29, 0.717) is 22.4 Å². The summed E-state index contributed by atoms with van der Waals surface area (Å²) in [5.74, 6) is 0. The van der Waals surface area contributed by atoms with Crippen LogP contribution in [0.15, 0.2) is 41.5 Å². The van der Waals surface area contributed by atoms with E-state index in [1.807, 2.05) is 25.1 Å². The fourth-order valence-corrected chi connectivity index (χ4v) is 2.26. The summed E-state index contributed by atoms with van der Waals surface area (Å²) in [6.45, 7) is 2.18. The van der Waals surface area contributed by atoms with Gasteiger partial charge in [-0.2, -0.15) is 0 Å². The fourth-order valence-electron chi connectivity index (χ4n) is 2.01. The van der Waals surface area contributed by atoms with Crippen molar-refractivity contribution in [2.75, 3.05) is 0 Å². The first-order valence-electron chi connectivity index (χ1n) is 6.14. The third-order valence-electron chi connectivity index (χ3n) is 3.04. The van der Waals surface area contributed by atoms with Gasteiger partial charge >= 0.3 is 0 Å². The molecular weight excluding hydrogens is 272 g/mol. The highest BCUT2D eigenvalue weighted by Gasteiger charge is 2.06. The molecule has 1 N–H and O–H groups in total. The van der Waals surface area contributed by atoms with Crippen molar-refractivity contribution < 1.29 is 0 Å². The van der Waals surface area contributed by atoms with Crippen LogP contribution in [-0.4, -0.2) is 19.5 Å². The average molecular weight is 284 g/mol. The second-order valence-electron chi connectivity index (χ2n) is 4.52. The number of aromatic nitrogens is 4. The van der Waals surface area contributed by atoms with Crippen LogP contribution in [0.25, 0.3) is 10.9 Å². The number of rotatable bonds is 2. The van der Waals surface area contributed by atoms with Crippen molar-refractivity contribution in [1.82, 2.24) is 19.5 Å². The third kappa shape index (κ3) is 2.25. The molecule has 0 aliphatic carbocycles. The maximum atomic E-state index is 12.4. The minimum atomic E-state index is -0.119. The van der Waals surface area contributed by atoms with Gasteiger partial charge in [0.2, 0.25) is 0 Å². The minimum Gasteiger partial charge on any atom is -0.332 e. The Morgan fingerprint density at radius 3 is 2.80 bits per heavy atom. The predicted octanol–water partition coefficient (Wildman–Crippen LogP) is 2.21. The van der Waals surface area contributed by atoms with E-state index in [2.05, 4.69) is 15.0 Å². The van der Waals surface area contributed by atoms with Crippen molar-refractivity contribution in [3.63, 3.8) is 0 Å². The van der Waals surface area contributed by atoms with Crippen LogP contribution in [0.4, 0.5) is 0 Å². The molecule has 0 aliphatic rings. The second-order valence-corrected chi connectivity index (χ2v) is 4.90. The lowest BCUT2D eigenvalue weighted by molar-refractivity contribution is 0.712. The largest absolute Gasteiger partial charge is 0.332 e. The summed E-state index contributed by atoms with van der Waals surface area (Å²) < 4.78 is 1.88. The molecule has 100 valence electrons. The first-order chi connectivity index (χ1) is 9.65. The van der Waals surface area contributed by atoms with Crippen LogP contribution in [-0.2, 0) is 6.54 Å². The van der Waals surface area contributed by atoms with Gasteiger partial charge in [0.1, 0.15) is 0 Å². The van der Waals surface area contributed by atoms with Crippen molar-refractivity contribution in [3.8, 4) is 0 Å². The quantitative estimate of drug-likeness (QED) is 0.733. The molecule has 0 aliphatic heterocycles. The number of hydrogen-bond acceptors (Lipinski definition) is 4. The average Bonchev–Trinajstić information content (AvgIpc) is 2.45. The molecule has 20 heavy (non-hydrogen) atoms. The molecule has 2 heterocycles. The predicted molar refractivity (Wildman–Crippen MR) is 79.3 cm³/mol. The van der Waals surface area contributed by atoms with E-state index < -0.39 is 0 Å². The number of nitrogens with one attached hydrogen (secondary N) is 1. The summed E-state index contributed by atoms with van der Waals surface area (Å²) in [6, 6.07) is 7.31. The van der Waals surface area contributed by atoms with E-state index in [9.17, 15) is 4.79 Å². The van der Waals surface area contributed by atoms with Crippen molar-refractivity contribution in [3.05, 3.63) is 63.2 Å². The van der Waals surface area contributed by atoms with Crippen molar-refractivity contribution in [1.29, 1.82) is 0 Å². The molecule has 0 saturated heterocycles. The molecule has 0 radical (unpaired) electrons. The van der Waals surface area contributed by atoms with Crippen molar-refractivity contribution >= 4 is 23.1 Å². The molecule has 1 aromatic carbocycles. The van der Waals surface area contributed by atoms with E-state index in [4.69, 9.17) is 12.2 Å². The number of H-pyrrole nitrogens is 1. The highest BCUT2D eigenvalue weighted by Crippen LogP contribution is 2.07. The zero-order valence-corrected chi connectivity index (χ0v) is 11.6. The SMILES string of the molecule is Cc1cnc(Cn2c(=S)[nH]c3ccccc3c2=O)cn1. The van der Waals surface area contributed by atoms with Gasteiger partial charge in [-0.1, -0.05) is 12.1 Å². The Kier molecular flexibility index (Phi) is 3.15. The molecule has 0 unspecified atom stereocenters. The molecule has 0 saturated carbocycles. The normalized spacial score (nSPS) is 10.8. The van der Waals surface area contributed by atoms with Crippen LogP contribution < -0.4 is 5.56 Å². The minimum absolute atomic E-state index is 0.119. The maximum Gasteiger partial charge on any atom is 0.262 e. The lowest BCUT2D eigenvalue weighted by Crippen LogP contribution is -2.23. The zero-order valence-electron chi connectivity index (χ0n) is 10.8. The van der Waals surface area contributed by atoms with Crippen LogP contribution in [0.1, 0.15) is 11.4 Å². The standard InChI is InChI=1S/C14H12N4OS/c1-9-6-16-10(7-15-9)8-18-13(19)11-4-2-3-5-12(11)17-14(18)20/h2-7H,8H2,1H3,(H,17,20). The first-order valence-corrected chi connectivity index (χ1v) is 6.55. The van der Waals surface area contributed by atoms with Crippen LogP contribution in [0, 0.1) is 11.7 Å². The summed E-state index contributed by atoms with van der Waals surface area (Å²) in [5.41, 5.74) is 2.16. The van der Waals surface area contributed by atoms with Gasteiger partial charge in [0.15, 0.2) is 4.77 Å². The van der Waals surface area contributed by atoms with Gasteiger partial charge < -0.3 is 4.98 Å². The topological polar surface area (TPSA) is 63.6 Å². The van der Waals surface area contributed by atoms with Crippen LogP contribution in [0.3, 0.4) is 0 Å². The molecule has 0 atom stereocenters. The summed E-state index contributed by atoms with van der Waals surface area (Å²) in [4.78, 5) is 23.9. The first kappa shape index (κ1) is 12.7. The van der Waals surface area contributed by atoms with E-state index in [0.717, 1.165) is 11.2 Å². The highest BCUT2D eigenvalue weighted by molar-refractivity contribution is 7.71. The van der Waals surface area contributed by atoms with Gasteiger partial charge in [0, 0.05) is 6.20 Å². The lowest BCUT2D eigenvalue weighted by Gasteiger charge is -2.07. The Hall–Kier alpha value is -2.34. The fraction of sp³-hybridized carbons (Fsp3) is 0.143. The number of aromatic amines is 1. The molecule has 0 fully saturated rings. The Labute approximate surface area is 120 Å². The summed E-state index contributed by atoms with van der Waals surface area (Å²) in [5, 5.41) is 0.612. The Morgan fingerprint density at radius 1 is 1.25 bits per heavy atom. The monoisotopic (exact) mass is 284 g/mol. The Balaban J connectivity index is 2.14. The Morgan fingerprint density at radius 2 is 2.05 bits per heavy atom. The number of benzene rings is 1. The molecule has 3 rings (SSSR count). The smallest absolute Gasteiger partial charge is 0.262 e. The second kappa shape index (κ2) is 4.97. The molecule has 0 amide bonds. The van der Waals surface area contributed by atoms with E-state index in [-0.39, 0.29) is 5.56 Å². The van der Waals surface area contributed by atoms with Gasteiger partial charge in [-0.25, -0.2) is 0 Å². The van der Waals surface area contributed by atoms with Crippen LogP contribution >= 0.6 is 12.2 Å². The summed E-state index contributed by atoms with van der Waals surface area (Å²) in [7, 11) is 0. The lowest BCUT2D eigenvalue weighted by atomic mass is 10.2. The van der Waals surface area contributed by atoms with Gasteiger partial charge in [-0.15, -0.1) is 0 Å². The number of aryl methyl sites for hydroxylation is 1. The van der Waals surface area contributed by atoms with Crippen molar-refractivity contribution in [2.45, 2.75) is 13.5 Å². The summed E-state index contributed by atoms with van der Waals surface area (Å²) >= 11 is 5.25. The molecule has 3 aromatic rings. The third-order valence-corrected chi connectivity index (χ3v) is 3.37. The Bertz CT molecular complexity index is 880. The number of nitrogens with zero attached hydrogens (tertiary/aromatic N) is 3. The van der Waals surface area contributed by atoms with Gasteiger partial charge in [0.05, 0.1) is 35.0 Å². The molecule has 6 heteroatoms. The molecule has 0 bridgehead atoms. The molecular formula is C14H12N4OS. The van der Waals surface area contributed by atoms with E-state index in [1.165, 1.54) is 4.57 Å². The van der Waals surface area contributed by atoms with E-state index >= 15 is 0 Å². The van der Waals surface area contributed by atoms with Crippen molar-refractivity contribution in [2.24, 2.45) is 0 Å². The summed E-state index contributed by atoms with van der Waals surface area (Å²) in [6.07, 6.45) is 3.33. The number of para-hydroxylation sites is 1. The number of fused-ring (bicyclic) bond motifs is 1. The maximum absolute atomic E-state index is 12.4. The molecule has 2 aromatic heterocycles. The van der Waals surface area contributed by atoms with Crippen LogP contribution in [0.2, 0.25) is 0 Å². The zero-order chi connectivity index (χ0) is 14.1. The van der Waals surface area contributed by atoms with Crippen LogP contribution in [0.5, 0.6) is 0 Å². The van der Waals surface area contributed by atoms with Gasteiger partial charge in [0.25, 0.3) is 5.56 Å². The number of hydrogen-bond donors (Lipinski definition) is 1. The van der Waals surface area contributed by atoms with Gasteiger partial charge in [-0.05, 0) is 31.3 Å². The highest BCUT2D eigenvalue weighted by atomic mass is 32.1. The van der Waals surface area contributed by atoms with E-state index in [1.54, 1.807) is 18.5 Å². The van der Waals surface area contributed by atoms with Gasteiger partial charge in [-0.3, -0.25) is 19.3 Å². The molecule has 5 nitrogen and oxygen atoms in total. The molecule has 0 spiro atoms.